The predicted octanol–water partition coefficient (Wildman–Crippen LogP) is 2.29. The van der Waals surface area contributed by atoms with E-state index in [1.54, 1.807) is 18.2 Å². The molecule has 6 heteroatoms. The lowest BCUT2D eigenvalue weighted by atomic mass is 9.82. The first-order chi connectivity index (χ1) is 9.09. The van der Waals surface area contributed by atoms with E-state index in [2.05, 4.69) is 0 Å². The van der Waals surface area contributed by atoms with Gasteiger partial charge in [0.05, 0.1) is 19.0 Å². The Morgan fingerprint density at radius 2 is 1.90 bits per heavy atom. The highest BCUT2D eigenvalue weighted by atomic mass is 32.2. The molecule has 114 valence electrons. The Morgan fingerprint density at radius 3 is 2.40 bits per heavy atom. The van der Waals surface area contributed by atoms with Gasteiger partial charge in [-0.05, 0) is 11.5 Å². The van der Waals surface area contributed by atoms with Crippen LogP contribution in [0, 0.1) is 17.2 Å². The molecule has 0 radical (unpaired) electrons. The molecule has 0 heterocycles. The van der Waals surface area contributed by atoms with Crippen molar-refractivity contribution in [2.24, 2.45) is 16.5 Å². The van der Waals surface area contributed by atoms with Crippen LogP contribution in [0.15, 0.2) is 24.3 Å². The second-order valence-electron chi connectivity index (χ2n) is 6.00. The number of ether oxygens (including phenoxy) is 1. The molecule has 0 fully saturated rings. The maximum atomic E-state index is 13.4. The van der Waals surface area contributed by atoms with Gasteiger partial charge in [0.1, 0.15) is 5.82 Å². The first-order valence-electron chi connectivity index (χ1n) is 6.41. The third-order valence-electron chi connectivity index (χ3n) is 3.19. The van der Waals surface area contributed by atoms with Crippen molar-refractivity contribution in [1.82, 2.24) is 0 Å². The highest BCUT2D eigenvalue weighted by molar-refractivity contribution is 7.89. The molecule has 0 aromatic heterocycles. The summed E-state index contributed by atoms with van der Waals surface area (Å²) < 4.78 is 41.4. The average molecular weight is 303 g/mol. The lowest BCUT2D eigenvalue weighted by molar-refractivity contribution is 0.0538. The lowest BCUT2D eigenvalue weighted by Crippen LogP contribution is -2.34. The van der Waals surface area contributed by atoms with E-state index in [1.165, 1.54) is 6.07 Å². The summed E-state index contributed by atoms with van der Waals surface area (Å²) in [6.07, 6.45) is 0. The van der Waals surface area contributed by atoms with Crippen molar-refractivity contribution >= 4 is 10.0 Å². The van der Waals surface area contributed by atoms with E-state index in [4.69, 9.17) is 9.88 Å². The van der Waals surface area contributed by atoms with Gasteiger partial charge in [-0.1, -0.05) is 39.0 Å². The molecule has 0 bridgehead atoms. The van der Waals surface area contributed by atoms with Crippen LogP contribution < -0.4 is 5.14 Å². The van der Waals surface area contributed by atoms with E-state index in [0.29, 0.717) is 5.56 Å². The molecular weight excluding hydrogens is 281 g/mol. The quantitative estimate of drug-likeness (QED) is 0.876. The Bertz CT molecular complexity index is 538. The van der Waals surface area contributed by atoms with E-state index >= 15 is 0 Å². The lowest BCUT2D eigenvalue weighted by Gasteiger charge is -2.29. The Labute approximate surface area is 120 Å². The molecule has 1 atom stereocenters. The van der Waals surface area contributed by atoms with Crippen molar-refractivity contribution in [2.75, 3.05) is 12.4 Å². The average Bonchev–Trinajstić information content (AvgIpc) is 2.27. The smallest absolute Gasteiger partial charge is 0.209 e. The third kappa shape index (κ3) is 5.98. The normalized spacial score (nSPS) is 14.2. The predicted molar refractivity (Wildman–Crippen MR) is 77.0 cm³/mol. The molecule has 0 saturated carbocycles. The number of sulfonamides is 1. The van der Waals surface area contributed by atoms with Crippen LogP contribution in [0.25, 0.3) is 0 Å². The molecule has 0 amide bonds. The Balaban J connectivity index is 2.62. The van der Waals surface area contributed by atoms with Crippen molar-refractivity contribution in [2.45, 2.75) is 27.4 Å². The topological polar surface area (TPSA) is 69.4 Å². The molecule has 0 aliphatic rings. The van der Waals surface area contributed by atoms with Crippen molar-refractivity contribution in [3.63, 3.8) is 0 Å². The fraction of sp³-hybridized carbons (Fsp3) is 0.571. The third-order valence-corrected chi connectivity index (χ3v) is 4.06. The Kier molecular flexibility index (Phi) is 5.68. The molecule has 0 saturated heterocycles. The van der Waals surface area contributed by atoms with Crippen molar-refractivity contribution < 1.29 is 17.5 Å². The number of rotatable bonds is 6. The van der Waals surface area contributed by atoms with Crippen molar-refractivity contribution in [1.29, 1.82) is 0 Å². The minimum atomic E-state index is -3.56. The van der Waals surface area contributed by atoms with Gasteiger partial charge in [0, 0.05) is 11.5 Å². The fourth-order valence-corrected chi connectivity index (χ4v) is 2.91. The molecule has 1 unspecified atom stereocenters. The number of benzene rings is 1. The van der Waals surface area contributed by atoms with Gasteiger partial charge in [-0.3, -0.25) is 0 Å². The largest absolute Gasteiger partial charge is 0.376 e. The van der Waals surface area contributed by atoms with E-state index in [9.17, 15) is 12.8 Å². The fourth-order valence-electron chi connectivity index (χ4n) is 1.76. The molecule has 4 nitrogen and oxygen atoms in total. The van der Waals surface area contributed by atoms with Crippen LogP contribution in [-0.2, 0) is 21.4 Å². The van der Waals surface area contributed by atoms with Gasteiger partial charge in [0.2, 0.25) is 10.0 Å². The number of nitrogens with two attached hydrogens (primary N) is 1. The summed E-state index contributed by atoms with van der Waals surface area (Å²) in [5.74, 6) is -0.719. The van der Waals surface area contributed by atoms with Gasteiger partial charge in [0.25, 0.3) is 0 Å². The number of halogens is 1. The first kappa shape index (κ1) is 17.1. The molecule has 0 aliphatic carbocycles. The number of hydrogen-bond acceptors (Lipinski definition) is 3. The van der Waals surface area contributed by atoms with Crippen LogP contribution >= 0.6 is 0 Å². The van der Waals surface area contributed by atoms with Gasteiger partial charge < -0.3 is 4.74 Å². The standard InChI is InChI=1S/C14H22FNO3S/c1-14(2,3)12(10-20(16,17)18)9-19-8-11-6-4-5-7-13(11)15/h4-7,12H,8-10H2,1-3H3,(H2,16,17,18). The second-order valence-corrected chi connectivity index (χ2v) is 7.66. The van der Waals surface area contributed by atoms with Gasteiger partial charge in [0.15, 0.2) is 0 Å². The van der Waals surface area contributed by atoms with Crippen LogP contribution in [-0.4, -0.2) is 20.8 Å². The molecule has 0 aliphatic heterocycles. The number of hydrogen-bond donors (Lipinski definition) is 1. The van der Waals surface area contributed by atoms with Gasteiger partial charge >= 0.3 is 0 Å². The van der Waals surface area contributed by atoms with Crippen molar-refractivity contribution in [3.8, 4) is 0 Å². The number of primary sulfonamides is 1. The van der Waals surface area contributed by atoms with E-state index in [1.807, 2.05) is 20.8 Å². The minimum Gasteiger partial charge on any atom is -0.376 e. The molecule has 1 rings (SSSR count). The summed E-state index contributed by atoms with van der Waals surface area (Å²) in [4.78, 5) is 0. The maximum absolute atomic E-state index is 13.4. The minimum absolute atomic E-state index is 0.115. The zero-order valence-electron chi connectivity index (χ0n) is 12.1. The summed E-state index contributed by atoms with van der Waals surface area (Å²) in [6.45, 7) is 6.11. The van der Waals surface area contributed by atoms with Crippen LogP contribution in [0.3, 0.4) is 0 Å². The molecule has 1 aromatic carbocycles. The van der Waals surface area contributed by atoms with Crippen LogP contribution in [0.4, 0.5) is 4.39 Å². The molecule has 20 heavy (non-hydrogen) atoms. The van der Waals surface area contributed by atoms with Crippen molar-refractivity contribution in [3.05, 3.63) is 35.6 Å². The summed E-state index contributed by atoms with van der Waals surface area (Å²) in [7, 11) is -3.56. The van der Waals surface area contributed by atoms with E-state index < -0.39 is 10.0 Å². The summed E-state index contributed by atoms with van der Waals surface area (Å²) in [5.41, 5.74) is 0.192. The van der Waals surface area contributed by atoms with Gasteiger partial charge in [-0.15, -0.1) is 0 Å². The second kappa shape index (κ2) is 6.65. The zero-order chi connectivity index (χ0) is 15.4. The van der Waals surface area contributed by atoms with Gasteiger partial charge in [-0.25, -0.2) is 17.9 Å². The Morgan fingerprint density at radius 1 is 1.30 bits per heavy atom. The van der Waals surface area contributed by atoms with E-state index in [-0.39, 0.29) is 36.1 Å². The Hall–Kier alpha value is -0.980. The molecular formula is C14H22FNO3S. The zero-order valence-corrected chi connectivity index (χ0v) is 12.9. The highest BCUT2D eigenvalue weighted by Gasteiger charge is 2.28. The monoisotopic (exact) mass is 303 g/mol. The van der Waals surface area contributed by atoms with Crippen LogP contribution in [0.1, 0.15) is 26.3 Å². The van der Waals surface area contributed by atoms with Crippen LogP contribution in [0.2, 0.25) is 0 Å². The molecule has 0 spiro atoms. The SMILES string of the molecule is CC(C)(C)C(COCc1ccccc1F)CS(N)(=O)=O. The van der Waals surface area contributed by atoms with Gasteiger partial charge in [-0.2, -0.15) is 0 Å². The molecule has 2 N–H and O–H groups in total. The summed E-state index contributed by atoms with van der Waals surface area (Å²) in [6, 6.07) is 6.34. The van der Waals surface area contributed by atoms with Crippen LogP contribution in [0.5, 0.6) is 0 Å². The maximum Gasteiger partial charge on any atom is 0.209 e. The summed E-state index contributed by atoms with van der Waals surface area (Å²) >= 11 is 0. The summed E-state index contributed by atoms with van der Waals surface area (Å²) in [5, 5.41) is 5.10. The first-order valence-corrected chi connectivity index (χ1v) is 8.13. The highest BCUT2D eigenvalue weighted by Crippen LogP contribution is 2.27. The molecule has 1 aromatic rings. The van der Waals surface area contributed by atoms with E-state index in [0.717, 1.165) is 0 Å².